The molecule has 1 amide bonds. The Kier molecular flexibility index (Phi) is 6.64. The molecule has 2 aromatic heterocycles. The van der Waals surface area contributed by atoms with Gasteiger partial charge in [0.15, 0.2) is 6.04 Å². The zero-order valence-electron chi connectivity index (χ0n) is 14.6. The maximum atomic E-state index is 12.2. The van der Waals surface area contributed by atoms with Crippen molar-refractivity contribution in [3.8, 4) is 0 Å². The molecule has 1 atom stereocenters. The number of nitrogens with one attached hydrogen (secondary N) is 2. The first-order valence-corrected chi connectivity index (χ1v) is 8.84. The molecule has 0 aromatic carbocycles. The standard InChI is InChI=1S/C17H21N3O5S/c1-4-7-25-8-11(17(23)24)18-13(21)6-5-12-19-15(22)14-9(2)10(3)26-16(14)20-12/h4,11H,1,5-8H2,2-3H3,(H,18,21)(H,23,24)(H,19,20,22). The Morgan fingerprint density at radius 3 is 2.85 bits per heavy atom. The number of nitrogens with zero attached hydrogens (tertiary/aromatic N) is 1. The SMILES string of the molecule is C=CCOCC(NC(=O)CCc1nc2sc(C)c(C)c2c(=O)[nH]1)C(=O)O. The number of aliphatic carboxylic acids is 1. The molecule has 0 saturated heterocycles. The Bertz CT molecular complexity index is 886. The molecule has 0 aliphatic rings. The van der Waals surface area contributed by atoms with Gasteiger partial charge in [0.05, 0.1) is 18.6 Å². The number of H-pyrrole nitrogens is 1. The molecular formula is C17H21N3O5S. The molecule has 0 aliphatic carbocycles. The van der Waals surface area contributed by atoms with E-state index in [2.05, 4.69) is 21.9 Å². The van der Waals surface area contributed by atoms with Crippen LogP contribution in [0.4, 0.5) is 0 Å². The smallest absolute Gasteiger partial charge is 0.328 e. The molecule has 0 radical (unpaired) electrons. The summed E-state index contributed by atoms with van der Waals surface area (Å²) < 4.78 is 5.08. The van der Waals surface area contributed by atoms with Gasteiger partial charge in [0.2, 0.25) is 5.91 Å². The highest BCUT2D eigenvalue weighted by Crippen LogP contribution is 2.25. The number of thiophene rings is 1. The Hall–Kier alpha value is -2.52. The zero-order chi connectivity index (χ0) is 19.3. The Balaban J connectivity index is 2.00. The first-order chi connectivity index (χ1) is 12.3. The summed E-state index contributed by atoms with van der Waals surface area (Å²) in [4.78, 5) is 44.1. The summed E-state index contributed by atoms with van der Waals surface area (Å²) in [5.74, 6) is -1.24. The first kappa shape index (κ1) is 19.8. The van der Waals surface area contributed by atoms with Crippen molar-refractivity contribution in [2.24, 2.45) is 0 Å². The van der Waals surface area contributed by atoms with Gasteiger partial charge >= 0.3 is 5.97 Å². The number of carbonyl (C=O) groups excluding carboxylic acids is 1. The lowest BCUT2D eigenvalue weighted by molar-refractivity contribution is -0.143. The monoisotopic (exact) mass is 379 g/mol. The quantitative estimate of drug-likeness (QED) is 0.446. The normalized spacial score (nSPS) is 12.1. The van der Waals surface area contributed by atoms with Crippen LogP contribution in [-0.2, 0) is 20.7 Å². The fourth-order valence-electron chi connectivity index (χ4n) is 2.36. The van der Waals surface area contributed by atoms with Crippen molar-refractivity contribution < 1.29 is 19.4 Å². The number of aromatic amines is 1. The summed E-state index contributed by atoms with van der Waals surface area (Å²) in [5.41, 5.74) is 0.681. The van der Waals surface area contributed by atoms with Crippen LogP contribution in [0.15, 0.2) is 17.4 Å². The van der Waals surface area contributed by atoms with Gasteiger partial charge in [-0.2, -0.15) is 0 Å². The van der Waals surface area contributed by atoms with Crippen LogP contribution in [0.25, 0.3) is 10.2 Å². The number of carbonyl (C=O) groups is 2. The maximum Gasteiger partial charge on any atom is 0.328 e. The maximum absolute atomic E-state index is 12.2. The minimum absolute atomic E-state index is 0.00300. The van der Waals surface area contributed by atoms with Crippen LogP contribution in [-0.4, -0.2) is 46.2 Å². The van der Waals surface area contributed by atoms with Gasteiger partial charge in [0.1, 0.15) is 10.7 Å². The second-order valence-corrected chi connectivity index (χ2v) is 6.96. The molecule has 2 aromatic rings. The zero-order valence-corrected chi connectivity index (χ0v) is 15.4. The molecule has 3 N–H and O–H groups in total. The van der Waals surface area contributed by atoms with E-state index in [0.29, 0.717) is 16.0 Å². The van der Waals surface area contributed by atoms with Crippen LogP contribution in [0, 0.1) is 13.8 Å². The largest absolute Gasteiger partial charge is 0.480 e. The van der Waals surface area contributed by atoms with Crippen molar-refractivity contribution in [2.45, 2.75) is 32.7 Å². The molecular weight excluding hydrogens is 358 g/mol. The number of carboxylic acids is 1. The van der Waals surface area contributed by atoms with Gasteiger partial charge in [-0.25, -0.2) is 9.78 Å². The highest BCUT2D eigenvalue weighted by Gasteiger charge is 2.20. The van der Waals surface area contributed by atoms with E-state index in [1.807, 2.05) is 13.8 Å². The Morgan fingerprint density at radius 1 is 1.46 bits per heavy atom. The lowest BCUT2D eigenvalue weighted by atomic mass is 10.2. The van der Waals surface area contributed by atoms with Crippen LogP contribution in [0.1, 0.15) is 22.7 Å². The van der Waals surface area contributed by atoms with Gasteiger partial charge in [-0.1, -0.05) is 6.08 Å². The summed E-state index contributed by atoms with van der Waals surface area (Å²) in [6, 6.07) is -1.14. The van der Waals surface area contributed by atoms with E-state index < -0.39 is 17.9 Å². The van der Waals surface area contributed by atoms with Crippen LogP contribution >= 0.6 is 11.3 Å². The van der Waals surface area contributed by atoms with Gasteiger partial charge < -0.3 is 20.1 Å². The van der Waals surface area contributed by atoms with Crippen molar-refractivity contribution in [2.75, 3.05) is 13.2 Å². The van der Waals surface area contributed by atoms with Gasteiger partial charge in [0.25, 0.3) is 5.56 Å². The van der Waals surface area contributed by atoms with Gasteiger partial charge in [-0.05, 0) is 19.4 Å². The molecule has 0 bridgehead atoms. The molecule has 26 heavy (non-hydrogen) atoms. The summed E-state index contributed by atoms with van der Waals surface area (Å²) >= 11 is 1.43. The second-order valence-electron chi connectivity index (χ2n) is 5.76. The van der Waals surface area contributed by atoms with Crippen LogP contribution in [0.2, 0.25) is 0 Å². The first-order valence-electron chi connectivity index (χ1n) is 8.03. The van der Waals surface area contributed by atoms with Crippen molar-refractivity contribution in [1.29, 1.82) is 0 Å². The van der Waals surface area contributed by atoms with Gasteiger partial charge in [-0.3, -0.25) is 9.59 Å². The van der Waals surface area contributed by atoms with E-state index in [1.54, 1.807) is 0 Å². The number of ether oxygens (including phenoxy) is 1. The molecule has 0 fully saturated rings. The number of rotatable bonds is 9. The molecule has 8 nitrogen and oxygen atoms in total. The number of fused-ring (bicyclic) bond motifs is 1. The van der Waals surface area contributed by atoms with Gasteiger partial charge in [0, 0.05) is 17.7 Å². The van der Waals surface area contributed by atoms with Crippen molar-refractivity contribution >= 4 is 33.4 Å². The topological polar surface area (TPSA) is 121 Å². The third-order valence-electron chi connectivity index (χ3n) is 3.83. The molecule has 0 spiro atoms. The summed E-state index contributed by atoms with van der Waals surface area (Å²) in [6.45, 7) is 7.31. The predicted molar refractivity (Wildman–Crippen MR) is 98.6 cm³/mol. The van der Waals surface area contributed by atoms with E-state index in [-0.39, 0.29) is 31.6 Å². The summed E-state index contributed by atoms with van der Waals surface area (Å²) in [7, 11) is 0. The highest BCUT2D eigenvalue weighted by atomic mass is 32.1. The fourth-order valence-corrected chi connectivity index (χ4v) is 3.41. The molecule has 2 rings (SSSR count). The highest BCUT2D eigenvalue weighted by molar-refractivity contribution is 7.18. The number of aryl methyl sites for hydroxylation is 3. The molecule has 0 saturated carbocycles. The average Bonchev–Trinajstić information content (AvgIpc) is 2.86. The van der Waals surface area contributed by atoms with Crippen molar-refractivity contribution in [3.63, 3.8) is 0 Å². The third-order valence-corrected chi connectivity index (χ3v) is 4.93. The van der Waals surface area contributed by atoms with E-state index in [4.69, 9.17) is 9.84 Å². The van der Waals surface area contributed by atoms with E-state index >= 15 is 0 Å². The predicted octanol–water partition coefficient (Wildman–Crippen LogP) is 1.31. The average molecular weight is 379 g/mol. The molecule has 140 valence electrons. The second kappa shape index (κ2) is 8.72. The van der Waals surface area contributed by atoms with Gasteiger partial charge in [-0.15, -0.1) is 17.9 Å². The van der Waals surface area contributed by atoms with E-state index in [9.17, 15) is 14.4 Å². The van der Waals surface area contributed by atoms with Crippen LogP contribution in [0.5, 0.6) is 0 Å². The number of aromatic nitrogens is 2. The van der Waals surface area contributed by atoms with E-state index in [1.165, 1.54) is 17.4 Å². The molecule has 2 heterocycles. The minimum Gasteiger partial charge on any atom is -0.480 e. The minimum atomic E-state index is -1.18. The molecule has 9 heteroatoms. The van der Waals surface area contributed by atoms with E-state index in [0.717, 1.165) is 10.4 Å². The lowest BCUT2D eigenvalue weighted by Gasteiger charge is -2.14. The number of amides is 1. The molecule has 0 aliphatic heterocycles. The number of carboxylic acid groups (broad SMARTS) is 1. The van der Waals surface area contributed by atoms with Crippen molar-refractivity contribution in [1.82, 2.24) is 15.3 Å². The lowest BCUT2D eigenvalue weighted by Crippen LogP contribution is -2.44. The van der Waals surface area contributed by atoms with Crippen molar-refractivity contribution in [3.05, 3.63) is 39.3 Å². The summed E-state index contributed by atoms with van der Waals surface area (Å²) in [5, 5.41) is 12.1. The van der Waals surface area contributed by atoms with Crippen LogP contribution < -0.4 is 10.9 Å². The number of hydrogen-bond donors (Lipinski definition) is 3. The fraction of sp³-hybridized carbons (Fsp3) is 0.412. The Labute approximate surface area is 153 Å². The summed E-state index contributed by atoms with van der Waals surface area (Å²) in [6.07, 6.45) is 1.70. The molecule has 1 unspecified atom stereocenters. The number of hydrogen-bond acceptors (Lipinski definition) is 6. The Morgan fingerprint density at radius 2 is 2.19 bits per heavy atom. The van der Waals surface area contributed by atoms with Crippen LogP contribution in [0.3, 0.4) is 0 Å². The third kappa shape index (κ3) is 4.77.